The SMILES string of the molecule is COC1CC(N2CCC(C3(C)Oc4c(Cl)cc(C(=O)NCC5C(=O)NC(C)CC5SC)c(C)c4O3)CC2)C1. The van der Waals surface area contributed by atoms with E-state index in [2.05, 4.69) is 15.5 Å². The highest BCUT2D eigenvalue weighted by Gasteiger charge is 2.48. The van der Waals surface area contributed by atoms with Crippen LogP contribution in [-0.2, 0) is 9.53 Å². The molecular formula is C28H40ClN3O5S. The predicted octanol–water partition coefficient (Wildman–Crippen LogP) is 4.01. The Morgan fingerprint density at radius 3 is 2.61 bits per heavy atom. The molecule has 4 unspecified atom stereocenters. The zero-order valence-electron chi connectivity index (χ0n) is 23.0. The molecule has 2 saturated heterocycles. The lowest BCUT2D eigenvalue weighted by atomic mass is 9.83. The van der Waals surface area contributed by atoms with E-state index in [4.69, 9.17) is 25.8 Å². The van der Waals surface area contributed by atoms with E-state index >= 15 is 0 Å². The average molecular weight is 566 g/mol. The number of amides is 2. The molecule has 3 aliphatic heterocycles. The molecule has 2 amide bonds. The van der Waals surface area contributed by atoms with Crippen LogP contribution in [0, 0.1) is 18.8 Å². The van der Waals surface area contributed by atoms with Crippen LogP contribution in [0.4, 0.5) is 0 Å². The fourth-order valence-electron chi connectivity index (χ4n) is 6.44. The minimum Gasteiger partial charge on any atom is -0.448 e. The second kappa shape index (κ2) is 11.1. The fraction of sp³-hybridized carbons (Fsp3) is 0.714. The zero-order chi connectivity index (χ0) is 27.2. The Hall–Kier alpha value is -1.68. The van der Waals surface area contributed by atoms with Gasteiger partial charge in [0, 0.05) is 55.0 Å². The summed E-state index contributed by atoms with van der Waals surface area (Å²) in [6.45, 7) is 8.15. The number of carbonyl (C=O) groups is 2. The molecule has 5 rings (SSSR count). The number of methoxy groups -OCH3 is 1. The smallest absolute Gasteiger partial charge is 0.251 e. The number of piperidine rings is 2. The molecule has 0 radical (unpaired) electrons. The third kappa shape index (κ3) is 5.23. The molecule has 8 nitrogen and oxygen atoms in total. The summed E-state index contributed by atoms with van der Waals surface area (Å²) in [4.78, 5) is 28.4. The Labute approximate surface area is 234 Å². The van der Waals surface area contributed by atoms with Crippen LogP contribution in [0.1, 0.15) is 61.9 Å². The lowest BCUT2D eigenvalue weighted by molar-refractivity contribution is -0.131. The van der Waals surface area contributed by atoms with Crippen LogP contribution in [0.3, 0.4) is 0 Å². The van der Waals surface area contributed by atoms with Crippen molar-refractivity contribution in [2.24, 2.45) is 11.8 Å². The molecule has 10 heteroatoms. The number of nitrogens with one attached hydrogen (secondary N) is 2. The molecule has 1 aromatic carbocycles. The molecule has 4 aliphatic rings. The molecule has 210 valence electrons. The minimum absolute atomic E-state index is 0.0125. The summed E-state index contributed by atoms with van der Waals surface area (Å²) in [5, 5.41) is 6.50. The van der Waals surface area contributed by atoms with E-state index in [9.17, 15) is 9.59 Å². The maximum absolute atomic E-state index is 13.2. The first-order valence-corrected chi connectivity index (χ1v) is 15.4. The van der Waals surface area contributed by atoms with Crippen LogP contribution in [-0.4, -0.2) is 78.9 Å². The number of rotatable bonds is 7. The first-order chi connectivity index (χ1) is 18.1. The maximum Gasteiger partial charge on any atom is 0.251 e. The van der Waals surface area contributed by atoms with Crippen LogP contribution < -0.4 is 20.1 Å². The Balaban J connectivity index is 1.23. The topological polar surface area (TPSA) is 89.1 Å². The summed E-state index contributed by atoms with van der Waals surface area (Å²) in [5.41, 5.74) is 1.14. The van der Waals surface area contributed by atoms with Gasteiger partial charge in [-0.2, -0.15) is 11.8 Å². The van der Waals surface area contributed by atoms with Crippen LogP contribution in [0.2, 0.25) is 5.02 Å². The van der Waals surface area contributed by atoms with Gasteiger partial charge >= 0.3 is 0 Å². The number of nitrogens with zero attached hydrogens (tertiary/aromatic N) is 1. The number of halogens is 1. The van der Waals surface area contributed by atoms with Gasteiger partial charge in [0.05, 0.1) is 17.0 Å². The van der Waals surface area contributed by atoms with E-state index < -0.39 is 5.79 Å². The summed E-state index contributed by atoms with van der Waals surface area (Å²) in [7, 11) is 1.79. The van der Waals surface area contributed by atoms with Gasteiger partial charge < -0.3 is 29.7 Å². The lowest BCUT2D eigenvalue weighted by Crippen LogP contribution is -2.54. The minimum atomic E-state index is -0.824. The van der Waals surface area contributed by atoms with Gasteiger partial charge in [-0.05, 0) is 71.4 Å². The van der Waals surface area contributed by atoms with Crippen molar-refractivity contribution in [2.45, 2.75) is 82.1 Å². The number of carbonyl (C=O) groups excluding carboxylic acids is 2. The Bertz CT molecular complexity index is 1080. The largest absolute Gasteiger partial charge is 0.448 e. The van der Waals surface area contributed by atoms with E-state index in [0.717, 1.165) is 45.2 Å². The third-order valence-electron chi connectivity index (χ3n) is 9.03. The van der Waals surface area contributed by atoms with Crippen LogP contribution >= 0.6 is 23.4 Å². The Kier molecular flexibility index (Phi) is 8.11. The van der Waals surface area contributed by atoms with Gasteiger partial charge in [0.25, 0.3) is 11.7 Å². The van der Waals surface area contributed by atoms with Gasteiger partial charge in [0.15, 0.2) is 11.5 Å². The monoisotopic (exact) mass is 565 g/mol. The molecular weight excluding hydrogens is 526 g/mol. The van der Waals surface area contributed by atoms with E-state index in [-0.39, 0.29) is 41.5 Å². The lowest BCUT2D eigenvalue weighted by Gasteiger charge is -2.46. The van der Waals surface area contributed by atoms with Crippen molar-refractivity contribution in [3.8, 4) is 11.5 Å². The predicted molar refractivity (Wildman–Crippen MR) is 149 cm³/mol. The molecule has 4 atom stereocenters. The van der Waals surface area contributed by atoms with Crippen molar-refractivity contribution in [3.63, 3.8) is 0 Å². The first kappa shape index (κ1) is 27.9. The zero-order valence-corrected chi connectivity index (χ0v) is 24.5. The average Bonchev–Trinajstić information content (AvgIpc) is 3.24. The van der Waals surface area contributed by atoms with Gasteiger partial charge in [-0.25, -0.2) is 0 Å². The number of hydrogen-bond acceptors (Lipinski definition) is 7. The van der Waals surface area contributed by atoms with Crippen molar-refractivity contribution in [1.82, 2.24) is 15.5 Å². The highest BCUT2D eigenvalue weighted by molar-refractivity contribution is 7.99. The van der Waals surface area contributed by atoms with E-state index in [1.165, 1.54) is 0 Å². The number of benzene rings is 1. The van der Waals surface area contributed by atoms with Gasteiger partial charge in [0.2, 0.25) is 5.91 Å². The van der Waals surface area contributed by atoms with Gasteiger partial charge in [-0.15, -0.1) is 0 Å². The van der Waals surface area contributed by atoms with Crippen LogP contribution in [0.5, 0.6) is 11.5 Å². The molecule has 38 heavy (non-hydrogen) atoms. The van der Waals surface area contributed by atoms with Crippen molar-refractivity contribution < 1.29 is 23.8 Å². The second-order valence-corrected chi connectivity index (χ2v) is 12.9. The maximum atomic E-state index is 13.2. The van der Waals surface area contributed by atoms with Gasteiger partial charge in [-0.1, -0.05) is 11.6 Å². The highest BCUT2D eigenvalue weighted by Crippen LogP contribution is 2.51. The fourth-order valence-corrected chi connectivity index (χ4v) is 7.70. The van der Waals surface area contributed by atoms with Crippen molar-refractivity contribution in [2.75, 3.05) is 33.0 Å². The molecule has 2 N–H and O–H groups in total. The molecule has 3 fully saturated rings. The van der Waals surface area contributed by atoms with E-state index in [1.54, 1.807) is 24.9 Å². The Morgan fingerprint density at radius 1 is 1.26 bits per heavy atom. The van der Waals surface area contributed by atoms with Gasteiger partial charge in [-0.3, -0.25) is 9.59 Å². The third-order valence-corrected chi connectivity index (χ3v) is 10.4. The van der Waals surface area contributed by atoms with Crippen molar-refractivity contribution in [3.05, 3.63) is 22.2 Å². The summed E-state index contributed by atoms with van der Waals surface area (Å²) in [6, 6.07) is 2.41. The van der Waals surface area contributed by atoms with Crippen LogP contribution in [0.25, 0.3) is 0 Å². The summed E-state index contributed by atoms with van der Waals surface area (Å²) in [5.74, 6) is -0.108. The molecule has 0 aromatic heterocycles. The van der Waals surface area contributed by atoms with E-state index in [0.29, 0.717) is 39.8 Å². The molecule has 1 aliphatic carbocycles. The first-order valence-electron chi connectivity index (χ1n) is 13.7. The number of fused-ring (bicyclic) bond motifs is 1. The normalized spacial score (nSPS) is 33.5. The quantitative estimate of drug-likeness (QED) is 0.516. The van der Waals surface area contributed by atoms with Gasteiger partial charge in [0.1, 0.15) is 0 Å². The summed E-state index contributed by atoms with van der Waals surface area (Å²) < 4.78 is 18.3. The van der Waals surface area contributed by atoms with E-state index in [1.807, 2.05) is 27.0 Å². The van der Waals surface area contributed by atoms with Crippen LogP contribution in [0.15, 0.2) is 6.07 Å². The second-order valence-electron chi connectivity index (χ2n) is 11.4. The number of ether oxygens (including phenoxy) is 3. The number of thioether (sulfide) groups is 1. The molecule has 0 bridgehead atoms. The standard InChI is InChI=1S/C28H40ClN3O5S/c1-15-10-23(38-5)21(27(34)31-15)14-30-26(33)20-13-22(29)25-24(16(20)2)36-28(3,37-25)17-6-8-32(9-7-17)18-11-19(12-18)35-4/h13,15,17-19,21,23H,6-12,14H2,1-5H3,(H,30,33)(H,31,34). The Morgan fingerprint density at radius 2 is 1.95 bits per heavy atom. The summed E-state index contributed by atoms with van der Waals surface area (Å²) >= 11 is 8.31. The van der Waals surface area contributed by atoms with Crippen molar-refractivity contribution in [1.29, 1.82) is 0 Å². The molecule has 3 heterocycles. The number of likely N-dealkylation sites (tertiary alicyclic amines) is 1. The molecule has 1 saturated carbocycles. The summed E-state index contributed by atoms with van der Waals surface area (Å²) in [6.07, 6.45) is 7.46. The molecule has 0 spiro atoms. The molecule has 1 aromatic rings. The van der Waals surface area contributed by atoms with Crippen molar-refractivity contribution >= 4 is 35.2 Å². The highest BCUT2D eigenvalue weighted by atomic mass is 35.5. The number of hydrogen-bond donors (Lipinski definition) is 2.